The predicted octanol–water partition coefficient (Wildman–Crippen LogP) is 1.68. The lowest BCUT2D eigenvalue weighted by atomic mass is 10.1. The highest BCUT2D eigenvalue weighted by molar-refractivity contribution is 7.13. The number of aliphatic imine (C=N–C) groups is 1. The SMILES string of the molecule is NC(N)=NCc1ccc(C(=O)Nc2nc3ccccc3c(=O)s2)cc1. The van der Waals surface area contributed by atoms with Gasteiger partial charge in [-0.25, -0.2) is 9.98 Å². The van der Waals surface area contributed by atoms with Crippen LogP contribution in [0.4, 0.5) is 5.13 Å². The van der Waals surface area contributed by atoms with E-state index < -0.39 is 0 Å². The first-order chi connectivity index (χ1) is 12.0. The van der Waals surface area contributed by atoms with Crippen molar-refractivity contribution in [2.24, 2.45) is 16.5 Å². The third-order valence-electron chi connectivity index (χ3n) is 3.42. The number of rotatable bonds is 4. The molecule has 0 aliphatic carbocycles. The number of para-hydroxylation sites is 1. The summed E-state index contributed by atoms with van der Waals surface area (Å²) in [6.45, 7) is 0.345. The molecule has 126 valence electrons. The summed E-state index contributed by atoms with van der Waals surface area (Å²) in [5.74, 6) is -0.328. The van der Waals surface area contributed by atoms with Crippen LogP contribution in [0.3, 0.4) is 0 Å². The number of benzene rings is 2. The molecule has 0 saturated heterocycles. The van der Waals surface area contributed by atoms with E-state index in [2.05, 4.69) is 15.3 Å². The molecule has 5 N–H and O–H groups in total. The first kappa shape index (κ1) is 16.6. The normalized spacial score (nSPS) is 10.4. The van der Waals surface area contributed by atoms with Crippen LogP contribution in [0.25, 0.3) is 10.9 Å². The summed E-state index contributed by atoms with van der Waals surface area (Å²) in [4.78, 5) is 32.6. The summed E-state index contributed by atoms with van der Waals surface area (Å²) in [5.41, 5.74) is 12.4. The molecule has 8 heteroatoms. The molecular formula is C17H15N5O2S. The Labute approximate surface area is 147 Å². The van der Waals surface area contributed by atoms with Crippen LogP contribution in [0.2, 0.25) is 0 Å². The number of fused-ring (bicyclic) bond motifs is 1. The number of hydrogen-bond acceptors (Lipinski definition) is 5. The van der Waals surface area contributed by atoms with Crippen molar-refractivity contribution < 1.29 is 4.79 Å². The minimum Gasteiger partial charge on any atom is -0.370 e. The van der Waals surface area contributed by atoms with Gasteiger partial charge >= 0.3 is 0 Å². The van der Waals surface area contributed by atoms with E-state index in [4.69, 9.17) is 11.5 Å². The molecule has 0 atom stereocenters. The van der Waals surface area contributed by atoms with Gasteiger partial charge < -0.3 is 11.5 Å². The summed E-state index contributed by atoms with van der Waals surface area (Å²) < 4.78 is -0.145. The number of nitrogens with zero attached hydrogens (tertiary/aromatic N) is 2. The second-order valence-electron chi connectivity index (χ2n) is 5.22. The molecule has 0 spiro atoms. The number of carbonyl (C=O) groups excluding carboxylic acids is 1. The zero-order valence-electron chi connectivity index (χ0n) is 13.1. The van der Waals surface area contributed by atoms with E-state index in [1.54, 1.807) is 48.5 Å². The third kappa shape index (κ3) is 3.99. The van der Waals surface area contributed by atoms with Gasteiger partial charge in [0.05, 0.1) is 17.4 Å². The Morgan fingerprint density at radius 1 is 1.12 bits per heavy atom. The minimum atomic E-state index is -0.341. The first-order valence-corrected chi connectivity index (χ1v) is 8.20. The van der Waals surface area contributed by atoms with E-state index in [-0.39, 0.29) is 21.7 Å². The minimum absolute atomic E-state index is 0.0131. The van der Waals surface area contributed by atoms with Gasteiger partial charge in [-0.1, -0.05) is 35.6 Å². The van der Waals surface area contributed by atoms with Crippen LogP contribution in [-0.4, -0.2) is 16.9 Å². The molecular weight excluding hydrogens is 338 g/mol. The molecule has 25 heavy (non-hydrogen) atoms. The molecule has 1 heterocycles. The Kier molecular flexibility index (Phi) is 4.71. The lowest BCUT2D eigenvalue weighted by Gasteiger charge is -2.05. The largest absolute Gasteiger partial charge is 0.370 e. The fourth-order valence-electron chi connectivity index (χ4n) is 2.19. The Morgan fingerprint density at radius 3 is 2.56 bits per heavy atom. The molecule has 0 fully saturated rings. The van der Waals surface area contributed by atoms with Gasteiger partial charge in [0, 0.05) is 5.56 Å². The zero-order chi connectivity index (χ0) is 17.8. The van der Waals surface area contributed by atoms with Crippen molar-refractivity contribution in [3.8, 4) is 0 Å². The number of nitrogens with two attached hydrogens (primary N) is 2. The molecule has 0 radical (unpaired) electrons. The van der Waals surface area contributed by atoms with Gasteiger partial charge in [-0.15, -0.1) is 0 Å². The third-order valence-corrected chi connectivity index (χ3v) is 4.21. The molecule has 0 aliphatic heterocycles. The van der Waals surface area contributed by atoms with Crippen LogP contribution in [0.1, 0.15) is 15.9 Å². The van der Waals surface area contributed by atoms with E-state index in [1.165, 1.54) is 0 Å². The first-order valence-electron chi connectivity index (χ1n) is 7.38. The van der Waals surface area contributed by atoms with Gasteiger partial charge in [0.2, 0.25) is 4.74 Å². The molecule has 1 amide bonds. The quantitative estimate of drug-likeness (QED) is 0.486. The van der Waals surface area contributed by atoms with Crippen molar-refractivity contribution >= 4 is 39.2 Å². The number of aromatic nitrogens is 1. The standard InChI is InChI=1S/C17H15N5O2S/c18-16(19)20-9-10-5-7-11(8-6-10)14(23)22-17-21-13-4-2-1-3-12(13)15(24)25-17/h1-8H,9H2,(H4,18,19,20)(H,21,22,23). The van der Waals surface area contributed by atoms with Crippen molar-refractivity contribution in [3.05, 3.63) is 69.2 Å². The number of hydrogen-bond donors (Lipinski definition) is 3. The maximum Gasteiger partial charge on any atom is 0.257 e. The van der Waals surface area contributed by atoms with Gasteiger partial charge in [0.15, 0.2) is 11.1 Å². The highest BCUT2D eigenvalue weighted by atomic mass is 32.1. The van der Waals surface area contributed by atoms with Crippen molar-refractivity contribution in [1.29, 1.82) is 0 Å². The molecule has 0 bridgehead atoms. The number of anilines is 1. The Bertz CT molecular complexity index is 1010. The van der Waals surface area contributed by atoms with Crippen molar-refractivity contribution in [2.45, 2.75) is 6.54 Å². The number of nitrogens with one attached hydrogen (secondary N) is 1. The lowest BCUT2D eigenvalue weighted by Crippen LogP contribution is -2.22. The Hall–Kier alpha value is -3.26. The molecule has 0 aliphatic rings. The molecule has 3 rings (SSSR count). The van der Waals surface area contributed by atoms with Gasteiger partial charge in [-0.05, 0) is 29.8 Å². The summed E-state index contributed by atoms with van der Waals surface area (Å²) >= 11 is 0.900. The second kappa shape index (κ2) is 7.10. The van der Waals surface area contributed by atoms with Crippen LogP contribution in [-0.2, 0) is 6.54 Å². The van der Waals surface area contributed by atoms with E-state index in [1.807, 2.05) is 0 Å². The van der Waals surface area contributed by atoms with Gasteiger partial charge in [-0.2, -0.15) is 0 Å². The lowest BCUT2D eigenvalue weighted by molar-refractivity contribution is 0.102. The number of amides is 1. The van der Waals surface area contributed by atoms with E-state index in [0.29, 0.717) is 23.0 Å². The number of guanidine groups is 1. The zero-order valence-corrected chi connectivity index (χ0v) is 13.9. The maximum absolute atomic E-state index is 12.3. The van der Waals surface area contributed by atoms with Crippen LogP contribution in [0.5, 0.6) is 0 Å². The van der Waals surface area contributed by atoms with E-state index in [0.717, 1.165) is 16.9 Å². The van der Waals surface area contributed by atoms with Crippen molar-refractivity contribution in [3.63, 3.8) is 0 Å². The molecule has 0 unspecified atom stereocenters. The molecule has 7 nitrogen and oxygen atoms in total. The smallest absolute Gasteiger partial charge is 0.257 e. The predicted molar refractivity (Wildman–Crippen MR) is 99.8 cm³/mol. The van der Waals surface area contributed by atoms with Crippen molar-refractivity contribution in [1.82, 2.24) is 4.98 Å². The average molecular weight is 353 g/mol. The summed E-state index contributed by atoms with van der Waals surface area (Å²) in [5, 5.41) is 3.46. The molecule has 2 aromatic carbocycles. The van der Waals surface area contributed by atoms with Crippen LogP contribution in [0.15, 0.2) is 58.3 Å². The van der Waals surface area contributed by atoms with Crippen LogP contribution in [0, 0.1) is 0 Å². The van der Waals surface area contributed by atoms with Crippen molar-refractivity contribution in [2.75, 3.05) is 5.32 Å². The second-order valence-corrected chi connectivity index (χ2v) is 6.18. The van der Waals surface area contributed by atoms with Gasteiger partial charge in [0.25, 0.3) is 5.91 Å². The fraction of sp³-hybridized carbons (Fsp3) is 0.0588. The summed E-state index contributed by atoms with van der Waals surface area (Å²) in [7, 11) is 0. The highest BCUT2D eigenvalue weighted by Gasteiger charge is 2.10. The molecule has 1 aromatic heterocycles. The molecule has 0 saturated carbocycles. The monoisotopic (exact) mass is 353 g/mol. The van der Waals surface area contributed by atoms with E-state index >= 15 is 0 Å². The summed E-state index contributed by atoms with van der Waals surface area (Å²) in [6.07, 6.45) is 0. The topological polar surface area (TPSA) is 123 Å². The maximum atomic E-state index is 12.3. The Balaban J connectivity index is 1.78. The Morgan fingerprint density at radius 2 is 1.84 bits per heavy atom. The van der Waals surface area contributed by atoms with E-state index in [9.17, 15) is 9.59 Å². The number of carbonyl (C=O) groups is 1. The van der Waals surface area contributed by atoms with Gasteiger partial charge in [0.1, 0.15) is 0 Å². The van der Waals surface area contributed by atoms with Gasteiger partial charge in [-0.3, -0.25) is 14.9 Å². The van der Waals surface area contributed by atoms with Crippen LogP contribution >= 0.6 is 11.3 Å². The highest BCUT2D eigenvalue weighted by Crippen LogP contribution is 2.16. The summed E-state index contributed by atoms with van der Waals surface area (Å²) in [6, 6.07) is 13.9. The van der Waals surface area contributed by atoms with Crippen LogP contribution < -0.4 is 21.5 Å². The average Bonchev–Trinajstić information content (AvgIpc) is 2.60. The fourth-order valence-corrected chi connectivity index (χ4v) is 2.93. The molecule has 3 aromatic rings.